The van der Waals surface area contributed by atoms with Crippen LogP contribution in [0.15, 0.2) is 12.4 Å². The monoisotopic (exact) mass is 504 g/mol. The van der Waals surface area contributed by atoms with Crippen molar-refractivity contribution >= 4 is 23.5 Å². The first kappa shape index (κ1) is 29.2. The number of fused-ring (bicyclic) bond motifs is 1. The molecule has 2 N–H and O–H groups in total. The Kier molecular flexibility index (Phi) is 9.90. The van der Waals surface area contributed by atoms with Crippen LogP contribution >= 0.6 is 0 Å². The lowest BCUT2D eigenvalue weighted by atomic mass is 9.95. The van der Waals surface area contributed by atoms with E-state index in [2.05, 4.69) is 23.8 Å². The Labute approximate surface area is 190 Å². The Bertz CT molecular complexity index is 831. The molecule has 9 nitrogen and oxygen atoms in total. The molecule has 2 saturated heterocycles. The van der Waals surface area contributed by atoms with Gasteiger partial charge in [0.15, 0.2) is 0 Å². The van der Waals surface area contributed by atoms with Crippen LogP contribution < -0.4 is 4.90 Å². The summed E-state index contributed by atoms with van der Waals surface area (Å²) in [6.07, 6.45) is -3.66. The molecule has 194 valence electrons. The van der Waals surface area contributed by atoms with Gasteiger partial charge in [0.1, 0.15) is 0 Å². The van der Waals surface area contributed by atoms with Crippen molar-refractivity contribution < 1.29 is 50.9 Å². The molecule has 0 saturated carbocycles. The molecule has 0 spiro atoms. The second-order valence-electron chi connectivity index (χ2n) is 8.09. The summed E-state index contributed by atoms with van der Waals surface area (Å²) < 4.78 is 65.2. The van der Waals surface area contributed by atoms with Gasteiger partial charge in [-0.25, -0.2) is 9.59 Å². The van der Waals surface area contributed by atoms with Crippen molar-refractivity contribution in [1.82, 2.24) is 14.7 Å². The number of carbonyl (C=O) groups excluding carboxylic acids is 1. The molecule has 1 aromatic heterocycles. The van der Waals surface area contributed by atoms with Crippen molar-refractivity contribution in [3.63, 3.8) is 0 Å². The van der Waals surface area contributed by atoms with Gasteiger partial charge < -0.3 is 15.1 Å². The van der Waals surface area contributed by atoms with E-state index in [4.69, 9.17) is 19.8 Å². The predicted octanol–water partition coefficient (Wildman–Crippen LogP) is 2.91. The number of aromatic nitrogens is 2. The first-order valence-electron chi connectivity index (χ1n) is 10.1. The van der Waals surface area contributed by atoms with Gasteiger partial charge in [0.25, 0.3) is 0 Å². The number of anilines is 1. The van der Waals surface area contributed by atoms with Gasteiger partial charge in [0.2, 0.25) is 5.91 Å². The van der Waals surface area contributed by atoms with Crippen molar-refractivity contribution in [2.75, 3.05) is 18.0 Å². The highest BCUT2D eigenvalue weighted by molar-refractivity contribution is 5.94. The normalized spacial score (nSPS) is 20.8. The number of alkyl halides is 6. The maximum absolute atomic E-state index is 12.3. The van der Waals surface area contributed by atoms with E-state index < -0.39 is 24.3 Å². The van der Waals surface area contributed by atoms with E-state index >= 15 is 0 Å². The molecule has 0 bridgehead atoms. The number of nitrogens with zero attached hydrogens (tertiary/aromatic N) is 4. The van der Waals surface area contributed by atoms with Gasteiger partial charge in [-0.3, -0.25) is 14.4 Å². The number of likely N-dealkylation sites (tertiary alicyclic amines) is 1. The zero-order chi connectivity index (χ0) is 26.4. The van der Waals surface area contributed by atoms with Gasteiger partial charge in [0.05, 0.1) is 17.9 Å². The van der Waals surface area contributed by atoms with Crippen LogP contribution in [-0.4, -0.2) is 80.3 Å². The van der Waals surface area contributed by atoms with E-state index in [0.717, 1.165) is 31.6 Å². The predicted molar refractivity (Wildman–Crippen MR) is 106 cm³/mol. The minimum absolute atomic E-state index is 0.255. The summed E-state index contributed by atoms with van der Waals surface area (Å²) in [7, 11) is 1.90. The molecule has 2 fully saturated rings. The van der Waals surface area contributed by atoms with Crippen molar-refractivity contribution in [1.29, 1.82) is 0 Å². The highest BCUT2D eigenvalue weighted by atomic mass is 19.4. The molecule has 2 atom stereocenters. The first-order valence-corrected chi connectivity index (χ1v) is 10.1. The lowest BCUT2D eigenvalue weighted by Gasteiger charge is -2.39. The summed E-state index contributed by atoms with van der Waals surface area (Å²) in [6, 6.07) is 0.856. The van der Waals surface area contributed by atoms with E-state index in [1.165, 1.54) is 0 Å². The van der Waals surface area contributed by atoms with E-state index in [1.807, 2.05) is 24.3 Å². The highest BCUT2D eigenvalue weighted by Crippen LogP contribution is 2.34. The van der Waals surface area contributed by atoms with Crippen LogP contribution in [0.25, 0.3) is 0 Å². The minimum Gasteiger partial charge on any atom is -0.475 e. The molecule has 3 heterocycles. The summed E-state index contributed by atoms with van der Waals surface area (Å²) in [5.74, 6) is -4.58. The van der Waals surface area contributed by atoms with E-state index in [-0.39, 0.29) is 5.91 Å². The number of aliphatic carboxylic acids is 2. The van der Waals surface area contributed by atoms with Gasteiger partial charge in [0, 0.05) is 38.8 Å². The Morgan fingerprint density at radius 3 is 1.94 bits per heavy atom. The average Bonchev–Trinajstić information content (AvgIpc) is 3.27. The van der Waals surface area contributed by atoms with Crippen molar-refractivity contribution in [3.8, 4) is 0 Å². The van der Waals surface area contributed by atoms with Gasteiger partial charge in [-0.05, 0) is 18.8 Å². The first-order chi connectivity index (χ1) is 15.4. The maximum Gasteiger partial charge on any atom is 0.490 e. The summed E-state index contributed by atoms with van der Waals surface area (Å²) in [4.78, 5) is 34.7. The topological polar surface area (TPSA) is 116 Å². The van der Waals surface area contributed by atoms with Crippen LogP contribution in [0, 0.1) is 5.92 Å². The fourth-order valence-corrected chi connectivity index (χ4v) is 3.72. The standard InChI is InChI=1S/C15H24N4O.2C2HF3O2/c1-11(2)9-18-7-6-14-13(18)4-5-15(20)19(14)12-8-16-17(3)10-12;2*3-2(4,5)1(6)7/h8,10-11,13-14H,4-7,9H2,1-3H3;2*(H,6,7)/t13-,14-;;/m0../s1. The van der Waals surface area contributed by atoms with E-state index in [9.17, 15) is 31.1 Å². The third kappa shape index (κ3) is 8.50. The molecule has 0 radical (unpaired) electrons. The number of aryl methyl sites for hydroxylation is 1. The molecule has 15 heteroatoms. The van der Waals surface area contributed by atoms with E-state index in [0.29, 0.717) is 24.4 Å². The summed E-state index contributed by atoms with van der Waals surface area (Å²) in [6.45, 7) is 6.77. The van der Waals surface area contributed by atoms with Crippen molar-refractivity contribution in [2.45, 2.75) is 57.5 Å². The molecule has 0 aromatic carbocycles. The highest BCUT2D eigenvalue weighted by Gasteiger charge is 2.44. The fourth-order valence-electron chi connectivity index (χ4n) is 3.72. The molecule has 0 aliphatic carbocycles. The SMILES string of the molecule is CC(C)CN1CC[C@H]2[C@@H]1CCC(=O)N2c1cnn(C)c1.O=C(O)C(F)(F)F.O=C(O)C(F)(F)F. The van der Waals surface area contributed by atoms with Gasteiger partial charge in [-0.15, -0.1) is 0 Å². The Balaban J connectivity index is 0.000000343. The van der Waals surface area contributed by atoms with Gasteiger partial charge >= 0.3 is 24.3 Å². The van der Waals surface area contributed by atoms with Crippen LogP contribution in [0.4, 0.5) is 32.0 Å². The van der Waals surface area contributed by atoms with Crippen LogP contribution in [0.1, 0.15) is 33.1 Å². The molecule has 1 aromatic rings. The number of carboxylic acids is 2. The lowest BCUT2D eigenvalue weighted by molar-refractivity contribution is -0.193. The zero-order valence-electron chi connectivity index (χ0n) is 18.6. The third-order valence-corrected chi connectivity index (χ3v) is 4.93. The summed E-state index contributed by atoms with van der Waals surface area (Å²) in [5.41, 5.74) is 0.957. The molecular weight excluding hydrogens is 478 g/mol. The Morgan fingerprint density at radius 2 is 1.56 bits per heavy atom. The van der Waals surface area contributed by atoms with Crippen LogP contribution in [-0.2, 0) is 21.4 Å². The summed E-state index contributed by atoms with van der Waals surface area (Å²) in [5, 5.41) is 18.5. The Hall–Kier alpha value is -2.84. The summed E-state index contributed by atoms with van der Waals surface area (Å²) >= 11 is 0. The van der Waals surface area contributed by atoms with E-state index in [1.54, 1.807) is 4.68 Å². The van der Waals surface area contributed by atoms with Crippen LogP contribution in [0.3, 0.4) is 0 Å². The lowest BCUT2D eigenvalue weighted by Crippen LogP contribution is -2.52. The van der Waals surface area contributed by atoms with Gasteiger partial charge in [-0.1, -0.05) is 13.8 Å². The number of piperidine rings is 1. The van der Waals surface area contributed by atoms with Gasteiger partial charge in [-0.2, -0.15) is 31.4 Å². The average molecular weight is 504 g/mol. The molecular formula is C19H26F6N4O5. The smallest absolute Gasteiger partial charge is 0.475 e. The minimum atomic E-state index is -5.08. The molecule has 34 heavy (non-hydrogen) atoms. The number of amides is 1. The number of halogens is 6. The van der Waals surface area contributed by atoms with Crippen molar-refractivity contribution in [2.24, 2.45) is 13.0 Å². The molecule has 3 rings (SSSR count). The Morgan fingerprint density at radius 1 is 1.06 bits per heavy atom. The number of rotatable bonds is 3. The van der Waals surface area contributed by atoms with Crippen molar-refractivity contribution in [3.05, 3.63) is 12.4 Å². The quantitative estimate of drug-likeness (QED) is 0.608. The zero-order valence-corrected chi connectivity index (χ0v) is 18.6. The molecule has 2 aliphatic rings. The largest absolute Gasteiger partial charge is 0.490 e. The van der Waals surface area contributed by atoms with Crippen LogP contribution in [0.2, 0.25) is 0 Å². The third-order valence-electron chi connectivity index (χ3n) is 4.93. The fraction of sp³-hybridized carbons (Fsp3) is 0.684. The molecule has 1 amide bonds. The number of carbonyl (C=O) groups is 3. The molecule has 2 aliphatic heterocycles. The number of carboxylic acid groups (broad SMARTS) is 2. The van der Waals surface area contributed by atoms with Crippen LogP contribution in [0.5, 0.6) is 0 Å². The number of hydrogen-bond acceptors (Lipinski definition) is 5. The second kappa shape index (κ2) is 11.5. The second-order valence-corrected chi connectivity index (χ2v) is 8.09. The molecule has 0 unspecified atom stereocenters. The maximum atomic E-state index is 12.3. The number of hydrogen-bond donors (Lipinski definition) is 2.